The molecule has 3 rings (SSSR count). The van der Waals surface area contributed by atoms with Crippen molar-refractivity contribution in [2.24, 2.45) is 11.8 Å². The standard InChI is InChI=1S/C23H28N4O6/c1-13(2)20(27-22(31)18-10-14-5-3-4-6-17(14)33-18)23(32)25-11-19(29)26-16(12-28)9-15-7-8-24-21(15)30/h3-6,10,12-13,15-16,20H,7-9,11H2,1-2H3,(H,24,30)(H,25,32)(H,26,29)(H,27,31). The van der Waals surface area contributed by atoms with Crippen molar-refractivity contribution in [3.05, 3.63) is 36.1 Å². The van der Waals surface area contributed by atoms with E-state index in [1.807, 2.05) is 12.1 Å². The van der Waals surface area contributed by atoms with Crippen molar-refractivity contribution in [1.29, 1.82) is 0 Å². The zero-order valence-corrected chi connectivity index (χ0v) is 18.6. The fraction of sp³-hybridized carbons (Fsp3) is 0.435. The first kappa shape index (κ1) is 24.0. The molecule has 1 aliphatic heterocycles. The van der Waals surface area contributed by atoms with Crippen molar-refractivity contribution in [1.82, 2.24) is 21.3 Å². The molecule has 1 fully saturated rings. The highest BCUT2D eigenvalue weighted by Gasteiger charge is 2.29. The lowest BCUT2D eigenvalue weighted by molar-refractivity contribution is -0.128. The summed E-state index contributed by atoms with van der Waals surface area (Å²) in [5.41, 5.74) is 0.560. The zero-order chi connectivity index (χ0) is 24.0. The van der Waals surface area contributed by atoms with E-state index in [4.69, 9.17) is 4.42 Å². The van der Waals surface area contributed by atoms with Gasteiger partial charge in [-0.2, -0.15) is 0 Å². The minimum atomic E-state index is -0.900. The highest BCUT2D eigenvalue weighted by atomic mass is 16.3. The van der Waals surface area contributed by atoms with Gasteiger partial charge in [-0.15, -0.1) is 0 Å². The van der Waals surface area contributed by atoms with Crippen LogP contribution in [0, 0.1) is 11.8 Å². The Balaban J connectivity index is 1.52. The second-order valence-electron chi connectivity index (χ2n) is 8.38. The fourth-order valence-electron chi connectivity index (χ4n) is 3.70. The molecule has 4 N–H and O–H groups in total. The predicted molar refractivity (Wildman–Crippen MR) is 119 cm³/mol. The van der Waals surface area contributed by atoms with E-state index in [-0.39, 0.29) is 36.5 Å². The fourth-order valence-corrected chi connectivity index (χ4v) is 3.70. The molecule has 1 aromatic carbocycles. The molecule has 4 amide bonds. The Morgan fingerprint density at radius 1 is 1.21 bits per heavy atom. The Morgan fingerprint density at radius 2 is 1.97 bits per heavy atom. The Kier molecular flexibility index (Phi) is 7.81. The molecule has 1 aromatic heterocycles. The first-order chi connectivity index (χ1) is 15.8. The molecule has 10 nitrogen and oxygen atoms in total. The highest BCUT2D eigenvalue weighted by Crippen LogP contribution is 2.19. The van der Waals surface area contributed by atoms with Crippen molar-refractivity contribution in [3.8, 4) is 0 Å². The molecule has 1 aliphatic rings. The predicted octanol–water partition coefficient (Wildman–Crippen LogP) is 0.513. The van der Waals surface area contributed by atoms with Crippen LogP contribution in [0.25, 0.3) is 11.0 Å². The normalized spacial score (nSPS) is 17.3. The zero-order valence-electron chi connectivity index (χ0n) is 18.6. The number of hydrogen-bond donors (Lipinski definition) is 4. The smallest absolute Gasteiger partial charge is 0.287 e. The van der Waals surface area contributed by atoms with Crippen LogP contribution >= 0.6 is 0 Å². The molecule has 0 radical (unpaired) electrons. The average Bonchev–Trinajstić information content (AvgIpc) is 3.41. The Labute approximate surface area is 190 Å². The molecule has 2 heterocycles. The quantitative estimate of drug-likeness (QED) is 0.383. The summed E-state index contributed by atoms with van der Waals surface area (Å²) in [5.74, 6) is -2.28. The Morgan fingerprint density at radius 3 is 2.61 bits per heavy atom. The number of hydrogen-bond acceptors (Lipinski definition) is 6. The van der Waals surface area contributed by atoms with Gasteiger partial charge >= 0.3 is 0 Å². The van der Waals surface area contributed by atoms with Gasteiger partial charge in [0.15, 0.2) is 5.76 Å². The number of aldehydes is 1. The van der Waals surface area contributed by atoms with Crippen LogP contribution < -0.4 is 21.3 Å². The largest absolute Gasteiger partial charge is 0.451 e. The number of amides is 4. The minimum Gasteiger partial charge on any atom is -0.451 e. The Hall–Kier alpha value is -3.69. The molecule has 0 aliphatic carbocycles. The van der Waals surface area contributed by atoms with E-state index in [2.05, 4.69) is 21.3 Å². The highest BCUT2D eigenvalue weighted by molar-refractivity contribution is 5.99. The lowest BCUT2D eigenvalue weighted by Gasteiger charge is -2.21. The maximum Gasteiger partial charge on any atom is 0.287 e. The molecular formula is C23H28N4O6. The summed E-state index contributed by atoms with van der Waals surface area (Å²) in [4.78, 5) is 60.4. The summed E-state index contributed by atoms with van der Waals surface area (Å²) in [7, 11) is 0. The van der Waals surface area contributed by atoms with Gasteiger partial charge in [0.1, 0.15) is 17.9 Å². The molecular weight excluding hydrogens is 428 g/mol. The number of benzene rings is 1. The molecule has 0 saturated carbocycles. The van der Waals surface area contributed by atoms with Gasteiger partial charge in [-0.25, -0.2) is 0 Å². The first-order valence-corrected chi connectivity index (χ1v) is 10.9. The van der Waals surface area contributed by atoms with Crippen molar-refractivity contribution in [2.75, 3.05) is 13.1 Å². The summed E-state index contributed by atoms with van der Waals surface area (Å²) in [5, 5.41) is 11.1. The van der Waals surface area contributed by atoms with E-state index in [0.717, 1.165) is 5.39 Å². The van der Waals surface area contributed by atoms with Gasteiger partial charge in [-0.1, -0.05) is 32.0 Å². The van der Waals surface area contributed by atoms with E-state index < -0.39 is 29.8 Å². The van der Waals surface area contributed by atoms with Crippen molar-refractivity contribution >= 4 is 40.9 Å². The SMILES string of the molecule is CC(C)C(NC(=O)c1cc2ccccc2o1)C(=O)NCC(=O)NC(C=O)CC1CCNC1=O. The number of para-hydroxylation sites is 1. The Bertz CT molecular complexity index is 1010. The van der Waals surface area contributed by atoms with Crippen LogP contribution in [0.5, 0.6) is 0 Å². The third-order valence-corrected chi connectivity index (χ3v) is 5.52. The lowest BCUT2D eigenvalue weighted by Crippen LogP contribution is -2.52. The van der Waals surface area contributed by atoms with E-state index in [1.165, 1.54) is 0 Å². The monoisotopic (exact) mass is 456 g/mol. The second kappa shape index (κ2) is 10.8. The topological polar surface area (TPSA) is 147 Å². The second-order valence-corrected chi connectivity index (χ2v) is 8.38. The van der Waals surface area contributed by atoms with Crippen molar-refractivity contribution in [2.45, 2.75) is 38.8 Å². The van der Waals surface area contributed by atoms with Gasteiger partial charge in [0, 0.05) is 17.8 Å². The average molecular weight is 456 g/mol. The van der Waals surface area contributed by atoms with Gasteiger partial charge in [-0.3, -0.25) is 19.2 Å². The molecule has 0 spiro atoms. The van der Waals surface area contributed by atoms with Crippen LogP contribution in [0.3, 0.4) is 0 Å². The van der Waals surface area contributed by atoms with E-state index in [9.17, 15) is 24.0 Å². The lowest BCUT2D eigenvalue weighted by atomic mass is 9.99. The third-order valence-electron chi connectivity index (χ3n) is 5.52. The maximum atomic E-state index is 12.6. The van der Waals surface area contributed by atoms with E-state index in [1.54, 1.807) is 32.0 Å². The molecule has 1 saturated heterocycles. The summed E-state index contributed by atoms with van der Waals surface area (Å²) in [6.45, 7) is 3.70. The van der Waals surface area contributed by atoms with Gasteiger partial charge in [0.2, 0.25) is 17.7 Å². The van der Waals surface area contributed by atoms with Crippen molar-refractivity contribution in [3.63, 3.8) is 0 Å². The van der Waals surface area contributed by atoms with Crippen LogP contribution in [-0.2, 0) is 19.2 Å². The van der Waals surface area contributed by atoms with Gasteiger partial charge < -0.3 is 30.5 Å². The summed E-state index contributed by atoms with van der Waals surface area (Å²) in [6, 6.07) is 7.04. The first-order valence-electron chi connectivity index (χ1n) is 10.9. The van der Waals surface area contributed by atoms with E-state index >= 15 is 0 Å². The van der Waals surface area contributed by atoms with Crippen LogP contribution in [0.1, 0.15) is 37.2 Å². The summed E-state index contributed by atoms with van der Waals surface area (Å²) in [6.07, 6.45) is 1.39. The number of nitrogens with one attached hydrogen (secondary N) is 4. The van der Waals surface area contributed by atoms with Crippen LogP contribution in [-0.4, -0.2) is 55.1 Å². The van der Waals surface area contributed by atoms with Crippen molar-refractivity contribution < 1.29 is 28.4 Å². The third kappa shape index (κ3) is 6.18. The molecule has 3 unspecified atom stereocenters. The molecule has 176 valence electrons. The van der Waals surface area contributed by atoms with Gasteiger partial charge in [0.05, 0.1) is 12.6 Å². The number of furan rings is 1. The molecule has 2 aromatic rings. The van der Waals surface area contributed by atoms with Crippen LogP contribution in [0.2, 0.25) is 0 Å². The van der Waals surface area contributed by atoms with Crippen LogP contribution in [0.4, 0.5) is 0 Å². The van der Waals surface area contributed by atoms with Crippen LogP contribution in [0.15, 0.2) is 34.7 Å². The number of carbonyl (C=O) groups excluding carboxylic acids is 5. The summed E-state index contributed by atoms with van der Waals surface area (Å²) < 4.78 is 5.54. The van der Waals surface area contributed by atoms with E-state index in [0.29, 0.717) is 24.8 Å². The molecule has 33 heavy (non-hydrogen) atoms. The maximum absolute atomic E-state index is 12.6. The summed E-state index contributed by atoms with van der Waals surface area (Å²) >= 11 is 0. The molecule has 0 bridgehead atoms. The van der Waals surface area contributed by atoms with Gasteiger partial charge in [-0.05, 0) is 30.9 Å². The molecule has 3 atom stereocenters. The number of carbonyl (C=O) groups is 5. The minimum absolute atomic E-state index is 0.0807. The van der Waals surface area contributed by atoms with Gasteiger partial charge in [0.25, 0.3) is 5.91 Å². The number of rotatable bonds is 10. The molecule has 10 heteroatoms. The number of fused-ring (bicyclic) bond motifs is 1.